The first-order chi connectivity index (χ1) is 9.88. The number of aliphatic hydroxyl groups is 1. The topological polar surface area (TPSA) is 72.6 Å². The molecule has 0 saturated carbocycles. The Kier molecular flexibility index (Phi) is 4.82. The Morgan fingerprint density at radius 1 is 1.33 bits per heavy atom. The third-order valence-corrected chi connectivity index (χ3v) is 3.69. The van der Waals surface area contributed by atoms with Crippen LogP contribution in [0.4, 0.5) is 5.69 Å². The molecule has 1 unspecified atom stereocenters. The van der Waals surface area contributed by atoms with E-state index in [4.69, 9.17) is 16.3 Å². The SMILES string of the molecule is CC(O)c1ccc(Oc2ccc(Cl)cc2[N+](=O)[O-])cc1Br. The highest BCUT2D eigenvalue weighted by Gasteiger charge is 2.17. The Bertz CT molecular complexity index is 691. The highest BCUT2D eigenvalue weighted by Crippen LogP contribution is 2.35. The van der Waals surface area contributed by atoms with Crippen LogP contribution in [0, 0.1) is 10.1 Å². The highest BCUT2D eigenvalue weighted by molar-refractivity contribution is 9.10. The first kappa shape index (κ1) is 15.8. The van der Waals surface area contributed by atoms with Crippen LogP contribution >= 0.6 is 27.5 Å². The molecule has 110 valence electrons. The number of rotatable bonds is 4. The second-order valence-electron chi connectivity index (χ2n) is 4.33. The summed E-state index contributed by atoms with van der Waals surface area (Å²) >= 11 is 9.07. The molecule has 1 N–H and O–H groups in total. The van der Waals surface area contributed by atoms with E-state index in [0.29, 0.717) is 15.8 Å². The molecule has 0 aliphatic carbocycles. The van der Waals surface area contributed by atoms with Gasteiger partial charge in [-0.1, -0.05) is 33.6 Å². The van der Waals surface area contributed by atoms with Gasteiger partial charge in [0.15, 0.2) is 0 Å². The molecule has 0 radical (unpaired) electrons. The first-order valence-corrected chi connectivity index (χ1v) is 7.15. The summed E-state index contributed by atoms with van der Waals surface area (Å²) in [5, 5.41) is 20.8. The molecule has 0 saturated heterocycles. The molecule has 0 fully saturated rings. The zero-order chi connectivity index (χ0) is 15.6. The van der Waals surface area contributed by atoms with Crippen molar-refractivity contribution < 1.29 is 14.8 Å². The lowest BCUT2D eigenvalue weighted by Crippen LogP contribution is -1.95. The minimum atomic E-state index is -0.627. The van der Waals surface area contributed by atoms with E-state index in [2.05, 4.69) is 15.9 Å². The molecule has 0 bridgehead atoms. The maximum Gasteiger partial charge on any atom is 0.313 e. The van der Waals surface area contributed by atoms with Crippen LogP contribution in [-0.2, 0) is 0 Å². The fourth-order valence-electron chi connectivity index (χ4n) is 1.76. The molecule has 0 aromatic heterocycles. The quantitative estimate of drug-likeness (QED) is 0.614. The van der Waals surface area contributed by atoms with Gasteiger partial charge in [-0.15, -0.1) is 0 Å². The van der Waals surface area contributed by atoms with E-state index in [1.807, 2.05) is 0 Å². The Morgan fingerprint density at radius 3 is 2.62 bits per heavy atom. The summed E-state index contributed by atoms with van der Waals surface area (Å²) in [5.74, 6) is 0.512. The number of hydrogen-bond donors (Lipinski definition) is 1. The Hall–Kier alpha value is -1.63. The largest absolute Gasteiger partial charge is 0.450 e. The molecule has 2 aromatic carbocycles. The fourth-order valence-corrected chi connectivity index (χ4v) is 2.61. The Morgan fingerprint density at radius 2 is 2.05 bits per heavy atom. The van der Waals surface area contributed by atoms with Crippen LogP contribution in [0.1, 0.15) is 18.6 Å². The molecule has 0 spiro atoms. The maximum atomic E-state index is 11.0. The molecule has 2 rings (SSSR count). The number of aliphatic hydroxyl groups excluding tert-OH is 1. The predicted octanol–water partition coefficient (Wildman–Crippen LogP) is 4.86. The van der Waals surface area contributed by atoms with E-state index < -0.39 is 11.0 Å². The third kappa shape index (κ3) is 3.72. The summed E-state index contributed by atoms with van der Waals surface area (Å²) in [5.41, 5.74) is 0.492. The van der Waals surface area contributed by atoms with Gasteiger partial charge in [0, 0.05) is 15.6 Å². The highest BCUT2D eigenvalue weighted by atomic mass is 79.9. The van der Waals surface area contributed by atoms with Gasteiger partial charge in [-0.3, -0.25) is 10.1 Å². The van der Waals surface area contributed by atoms with Crippen molar-refractivity contribution in [2.75, 3.05) is 0 Å². The Labute approximate surface area is 134 Å². The van der Waals surface area contributed by atoms with E-state index in [9.17, 15) is 15.2 Å². The van der Waals surface area contributed by atoms with Crippen LogP contribution in [0.5, 0.6) is 11.5 Å². The fraction of sp³-hybridized carbons (Fsp3) is 0.143. The van der Waals surface area contributed by atoms with Gasteiger partial charge in [0.2, 0.25) is 5.75 Å². The molecular formula is C14H11BrClNO4. The van der Waals surface area contributed by atoms with Crippen molar-refractivity contribution in [3.8, 4) is 11.5 Å². The van der Waals surface area contributed by atoms with Gasteiger partial charge in [0.05, 0.1) is 11.0 Å². The number of benzene rings is 2. The number of nitro groups is 1. The van der Waals surface area contributed by atoms with Crippen LogP contribution < -0.4 is 4.74 Å². The molecule has 2 aromatic rings. The zero-order valence-electron chi connectivity index (χ0n) is 10.9. The molecule has 5 nitrogen and oxygen atoms in total. The van der Waals surface area contributed by atoms with Crippen LogP contribution in [-0.4, -0.2) is 10.0 Å². The molecule has 1 atom stereocenters. The van der Waals surface area contributed by atoms with E-state index in [0.717, 1.165) is 0 Å². The minimum Gasteiger partial charge on any atom is -0.450 e. The van der Waals surface area contributed by atoms with Crippen LogP contribution in [0.3, 0.4) is 0 Å². The Balaban J connectivity index is 2.35. The zero-order valence-corrected chi connectivity index (χ0v) is 13.3. The molecule has 0 aliphatic heterocycles. The van der Waals surface area contributed by atoms with Gasteiger partial charge in [0.1, 0.15) is 5.75 Å². The average molecular weight is 373 g/mol. The van der Waals surface area contributed by atoms with E-state index >= 15 is 0 Å². The minimum absolute atomic E-state index is 0.0982. The predicted molar refractivity (Wildman–Crippen MR) is 83.0 cm³/mol. The normalized spacial score (nSPS) is 12.0. The standard InChI is InChI=1S/C14H11BrClNO4/c1-8(18)11-4-3-10(7-12(11)15)21-14-5-2-9(16)6-13(14)17(19)20/h2-8,18H,1H3. The molecule has 21 heavy (non-hydrogen) atoms. The molecule has 0 aliphatic rings. The maximum absolute atomic E-state index is 11.0. The lowest BCUT2D eigenvalue weighted by atomic mass is 10.1. The molecule has 0 amide bonds. The van der Waals surface area contributed by atoms with Crippen molar-refractivity contribution in [2.45, 2.75) is 13.0 Å². The van der Waals surface area contributed by atoms with Gasteiger partial charge in [-0.25, -0.2) is 0 Å². The number of nitrogens with zero attached hydrogens (tertiary/aromatic N) is 1. The van der Waals surface area contributed by atoms with Gasteiger partial charge in [-0.2, -0.15) is 0 Å². The van der Waals surface area contributed by atoms with E-state index in [-0.39, 0.29) is 16.5 Å². The van der Waals surface area contributed by atoms with Gasteiger partial charge in [0.25, 0.3) is 0 Å². The average Bonchev–Trinajstić information content (AvgIpc) is 2.40. The second-order valence-corrected chi connectivity index (χ2v) is 5.62. The van der Waals surface area contributed by atoms with E-state index in [1.165, 1.54) is 18.2 Å². The van der Waals surface area contributed by atoms with Crippen molar-refractivity contribution >= 4 is 33.2 Å². The lowest BCUT2D eigenvalue weighted by molar-refractivity contribution is -0.385. The van der Waals surface area contributed by atoms with Gasteiger partial charge < -0.3 is 9.84 Å². The van der Waals surface area contributed by atoms with Crippen molar-refractivity contribution in [1.82, 2.24) is 0 Å². The van der Waals surface area contributed by atoms with Crippen molar-refractivity contribution in [2.24, 2.45) is 0 Å². The second kappa shape index (κ2) is 6.43. The first-order valence-electron chi connectivity index (χ1n) is 5.98. The van der Waals surface area contributed by atoms with Crippen LogP contribution in [0.15, 0.2) is 40.9 Å². The van der Waals surface area contributed by atoms with Crippen LogP contribution in [0.25, 0.3) is 0 Å². The lowest BCUT2D eigenvalue weighted by Gasteiger charge is -2.11. The smallest absolute Gasteiger partial charge is 0.313 e. The summed E-state index contributed by atoms with van der Waals surface area (Å²) < 4.78 is 6.19. The number of hydrogen-bond acceptors (Lipinski definition) is 4. The summed E-state index contributed by atoms with van der Waals surface area (Å²) in [4.78, 5) is 10.4. The third-order valence-electron chi connectivity index (χ3n) is 2.77. The number of ether oxygens (including phenoxy) is 1. The molecular weight excluding hydrogens is 362 g/mol. The van der Waals surface area contributed by atoms with Crippen molar-refractivity contribution in [1.29, 1.82) is 0 Å². The summed E-state index contributed by atoms with van der Waals surface area (Å²) in [7, 11) is 0. The molecule has 0 heterocycles. The summed E-state index contributed by atoms with van der Waals surface area (Å²) in [6.45, 7) is 1.64. The monoisotopic (exact) mass is 371 g/mol. The van der Waals surface area contributed by atoms with Gasteiger partial charge in [-0.05, 0) is 36.8 Å². The van der Waals surface area contributed by atoms with Crippen molar-refractivity contribution in [3.63, 3.8) is 0 Å². The molecule has 7 heteroatoms. The van der Waals surface area contributed by atoms with Crippen LogP contribution in [0.2, 0.25) is 5.02 Å². The number of nitro benzene ring substituents is 1. The van der Waals surface area contributed by atoms with E-state index in [1.54, 1.807) is 25.1 Å². The number of halogens is 2. The summed E-state index contributed by atoms with van der Waals surface area (Å²) in [6.07, 6.45) is -0.627. The summed E-state index contributed by atoms with van der Waals surface area (Å²) in [6, 6.07) is 9.15. The van der Waals surface area contributed by atoms with Gasteiger partial charge >= 0.3 is 5.69 Å². The van der Waals surface area contributed by atoms with Crippen molar-refractivity contribution in [3.05, 3.63) is 61.6 Å².